The minimum atomic E-state index is -0.0411. The second kappa shape index (κ2) is 6.92. The van der Waals surface area contributed by atoms with E-state index in [0.717, 1.165) is 35.4 Å². The first-order valence-electron chi connectivity index (χ1n) is 8.62. The quantitative estimate of drug-likeness (QED) is 0.764. The van der Waals surface area contributed by atoms with E-state index in [4.69, 9.17) is 16.3 Å². The van der Waals surface area contributed by atoms with E-state index in [0.29, 0.717) is 23.8 Å². The summed E-state index contributed by atoms with van der Waals surface area (Å²) in [4.78, 5) is 20.2. The number of nitrogens with zero attached hydrogens (tertiary/aromatic N) is 2. The van der Waals surface area contributed by atoms with E-state index in [-0.39, 0.29) is 5.91 Å². The number of rotatable bonds is 3. The maximum Gasteiger partial charge on any atom is 0.271 e. The standard InChI is InChI=1S/C20H20ClN3O2/c1-26-15-8-6-14(7-9-15)23-10-12-24(13-11-23)20(25)19-18(21)16-4-2-3-5-17(16)22-19/h2-9,22H,10-13H2,1H3. The zero-order chi connectivity index (χ0) is 18.1. The minimum absolute atomic E-state index is 0.0411. The highest BCUT2D eigenvalue weighted by Gasteiger charge is 2.25. The molecule has 0 radical (unpaired) electrons. The summed E-state index contributed by atoms with van der Waals surface area (Å²) in [6, 6.07) is 15.7. The fraction of sp³-hybridized carbons (Fsp3) is 0.250. The van der Waals surface area contributed by atoms with Gasteiger partial charge in [0.15, 0.2) is 0 Å². The van der Waals surface area contributed by atoms with Gasteiger partial charge in [-0.2, -0.15) is 0 Å². The van der Waals surface area contributed by atoms with Gasteiger partial charge >= 0.3 is 0 Å². The average molecular weight is 370 g/mol. The summed E-state index contributed by atoms with van der Waals surface area (Å²) < 4.78 is 5.20. The van der Waals surface area contributed by atoms with Crippen LogP contribution < -0.4 is 9.64 Å². The number of para-hydroxylation sites is 1. The second-order valence-corrected chi connectivity index (χ2v) is 6.71. The molecule has 0 saturated carbocycles. The number of hydrogen-bond acceptors (Lipinski definition) is 3. The lowest BCUT2D eigenvalue weighted by Crippen LogP contribution is -2.48. The number of H-pyrrole nitrogens is 1. The molecule has 1 saturated heterocycles. The third-order valence-corrected chi connectivity index (χ3v) is 5.25. The van der Waals surface area contributed by atoms with Crippen molar-refractivity contribution in [2.75, 3.05) is 38.2 Å². The molecule has 1 aromatic heterocycles. The van der Waals surface area contributed by atoms with Crippen LogP contribution in [0, 0.1) is 0 Å². The van der Waals surface area contributed by atoms with Crippen LogP contribution in [0.2, 0.25) is 5.02 Å². The normalized spacial score (nSPS) is 14.7. The number of carbonyl (C=O) groups is 1. The van der Waals surface area contributed by atoms with Gasteiger partial charge in [-0.25, -0.2) is 0 Å². The number of aromatic amines is 1. The SMILES string of the molecule is COc1ccc(N2CCN(C(=O)c3[nH]c4ccccc4c3Cl)CC2)cc1. The van der Waals surface area contributed by atoms with E-state index in [1.165, 1.54) is 0 Å². The monoisotopic (exact) mass is 369 g/mol. The average Bonchev–Trinajstić information content (AvgIpc) is 3.04. The fourth-order valence-corrected chi connectivity index (χ4v) is 3.67. The number of aromatic nitrogens is 1. The van der Waals surface area contributed by atoms with Crippen LogP contribution in [0.4, 0.5) is 5.69 Å². The molecule has 26 heavy (non-hydrogen) atoms. The Bertz CT molecular complexity index is 928. The third-order valence-electron chi connectivity index (χ3n) is 4.86. The number of carbonyl (C=O) groups excluding carboxylic acids is 1. The van der Waals surface area contributed by atoms with Crippen molar-refractivity contribution in [2.45, 2.75) is 0 Å². The highest BCUT2D eigenvalue weighted by atomic mass is 35.5. The lowest BCUT2D eigenvalue weighted by Gasteiger charge is -2.36. The molecule has 1 aliphatic rings. The van der Waals surface area contributed by atoms with Gasteiger partial charge in [0.05, 0.1) is 12.1 Å². The van der Waals surface area contributed by atoms with Crippen LogP contribution in [0.1, 0.15) is 10.5 Å². The van der Waals surface area contributed by atoms with Crippen molar-refractivity contribution in [3.8, 4) is 5.75 Å². The number of piperazine rings is 1. The van der Waals surface area contributed by atoms with Crippen molar-refractivity contribution in [1.82, 2.24) is 9.88 Å². The van der Waals surface area contributed by atoms with E-state index < -0.39 is 0 Å². The Morgan fingerprint density at radius 1 is 1.04 bits per heavy atom. The number of amides is 1. The first-order valence-corrected chi connectivity index (χ1v) is 8.99. The van der Waals surface area contributed by atoms with Crippen molar-refractivity contribution >= 4 is 34.1 Å². The largest absolute Gasteiger partial charge is 0.497 e. The van der Waals surface area contributed by atoms with Gasteiger partial charge in [0.25, 0.3) is 5.91 Å². The second-order valence-electron chi connectivity index (χ2n) is 6.34. The maximum absolute atomic E-state index is 12.9. The lowest BCUT2D eigenvalue weighted by atomic mass is 10.2. The molecule has 2 aromatic carbocycles. The van der Waals surface area contributed by atoms with E-state index in [1.54, 1.807) is 7.11 Å². The number of fused-ring (bicyclic) bond motifs is 1. The number of ether oxygens (including phenoxy) is 1. The van der Waals surface area contributed by atoms with Crippen LogP contribution >= 0.6 is 11.6 Å². The van der Waals surface area contributed by atoms with Crippen LogP contribution in [-0.2, 0) is 0 Å². The molecule has 134 valence electrons. The van der Waals surface area contributed by atoms with Crippen LogP contribution in [0.25, 0.3) is 10.9 Å². The zero-order valence-electron chi connectivity index (χ0n) is 14.5. The summed E-state index contributed by atoms with van der Waals surface area (Å²) in [6.07, 6.45) is 0. The van der Waals surface area contributed by atoms with Gasteiger partial charge in [-0.05, 0) is 30.3 Å². The summed E-state index contributed by atoms with van der Waals surface area (Å²) in [7, 11) is 1.66. The molecule has 0 atom stereocenters. The van der Waals surface area contributed by atoms with Crippen LogP contribution in [0.15, 0.2) is 48.5 Å². The van der Waals surface area contributed by atoms with Gasteiger partial charge in [0, 0.05) is 42.8 Å². The molecule has 0 bridgehead atoms. The Morgan fingerprint density at radius 2 is 1.73 bits per heavy atom. The summed E-state index contributed by atoms with van der Waals surface area (Å²) in [6.45, 7) is 2.90. The zero-order valence-corrected chi connectivity index (χ0v) is 15.3. The Morgan fingerprint density at radius 3 is 2.38 bits per heavy atom. The number of methoxy groups -OCH3 is 1. The predicted octanol–water partition coefficient (Wildman–Crippen LogP) is 3.79. The number of nitrogens with one attached hydrogen (secondary N) is 1. The Hall–Kier alpha value is -2.66. The highest BCUT2D eigenvalue weighted by Crippen LogP contribution is 2.28. The topological polar surface area (TPSA) is 48.6 Å². The molecule has 1 amide bonds. The van der Waals surface area contributed by atoms with Gasteiger partial charge in [0.2, 0.25) is 0 Å². The summed E-state index contributed by atoms with van der Waals surface area (Å²) in [5, 5.41) is 1.39. The Balaban J connectivity index is 1.46. The molecule has 0 aliphatic carbocycles. The summed E-state index contributed by atoms with van der Waals surface area (Å²) in [5.41, 5.74) is 2.50. The lowest BCUT2D eigenvalue weighted by molar-refractivity contribution is 0.0742. The van der Waals surface area contributed by atoms with Crippen molar-refractivity contribution in [3.05, 3.63) is 59.2 Å². The molecule has 1 N–H and O–H groups in total. The molecule has 1 aliphatic heterocycles. The Labute approximate surface area is 157 Å². The number of hydrogen-bond donors (Lipinski definition) is 1. The fourth-order valence-electron chi connectivity index (χ4n) is 3.37. The van der Waals surface area contributed by atoms with Gasteiger partial charge in [-0.15, -0.1) is 0 Å². The molecule has 2 heterocycles. The molecule has 6 heteroatoms. The van der Waals surface area contributed by atoms with Crippen molar-refractivity contribution in [3.63, 3.8) is 0 Å². The number of halogens is 1. The molecule has 5 nitrogen and oxygen atoms in total. The van der Waals surface area contributed by atoms with E-state index in [1.807, 2.05) is 53.4 Å². The Kier molecular flexibility index (Phi) is 4.47. The molecular weight excluding hydrogens is 350 g/mol. The van der Waals surface area contributed by atoms with Gasteiger partial charge < -0.3 is 19.5 Å². The van der Waals surface area contributed by atoms with Crippen LogP contribution in [-0.4, -0.2) is 49.1 Å². The number of anilines is 1. The van der Waals surface area contributed by atoms with Gasteiger partial charge in [-0.1, -0.05) is 29.8 Å². The first kappa shape index (κ1) is 16.8. The summed E-state index contributed by atoms with van der Waals surface area (Å²) in [5.74, 6) is 0.802. The van der Waals surface area contributed by atoms with E-state index in [2.05, 4.69) is 9.88 Å². The van der Waals surface area contributed by atoms with Crippen LogP contribution in [0.3, 0.4) is 0 Å². The third kappa shape index (κ3) is 2.99. The van der Waals surface area contributed by atoms with Gasteiger partial charge in [0.1, 0.15) is 11.4 Å². The van der Waals surface area contributed by atoms with Crippen molar-refractivity contribution in [1.29, 1.82) is 0 Å². The minimum Gasteiger partial charge on any atom is -0.497 e. The molecule has 4 rings (SSSR count). The van der Waals surface area contributed by atoms with Crippen LogP contribution in [0.5, 0.6) is 5.75 Å². The molecular formula is C20H20ClN3O2. The number of benzene rings is 2. The van der Waals surface area contributed by atoms with E-state index >= 15 is 0 Å². The molecule has 1 fully saturated rings. The van der Waals surface area contributed by atoms with Gasteiger partial charge in [-0.3, -0.25) is 4.79 Å². The predicted molar refractivity (Wildman–Crippen MR) is 104 cm³/mol. The first-order chi connectivity index (χ1) is 12.7. The molecule has 0 spiro atoms. The highest BCUT2D eigenvalue weighted by molar-refractivity contribution is 6.38. The summed E-state index contributed by atoms with van der Waals surface area (Å²) >= 11 is 6.42. The van der Waals surface area contributed by atoms with Crippen molar-refractivity contribution in [2.24, 2.45) is 0 Å². The molecule has 3 aromatic rings. The molecule has 0 unspecified atom stereocenters. The van der Waals surface area contributed by atoms with Crippen molar-refractivity contribution < 1.29 is 9.53 Å². The smallest absolute Gasteiger partial charge is 0.271 e. The maximum atomic E-state index is 12.9. The van der Waals surface area contributed by atoms with E-state index in [9.17, 15) is 4.79 Å².